The highest BCUT2D eigenvalue weighted by molar-refractivity contribution is 5.94. The molecule has 0 aromatic heterocycles. The Morgan fingerprint density at radius 1 is 0.844 bits per heavy atom. The fraction of sp³-hybridized carbons (Fsp3) is 0.500. The third-order valence-electron chi connectivity index (χ3n) is 5.83. The zero-order valence-corrected chi connectivity index (χ0v) is 19.1. The average molecular weight is 441 g/mol. The first-order valence-corrected chi connectivity index (χ1v) is 11.7. The van der Waals surface area contributed by atoms with Crippen LogP contribution in [-0.2, 0) is 0 Å². The van der Waals surface area contributed by atoms with Crippen molar-refractivity contribution in [1.82, 2.24) is 0 Å². The number of benzene rings is 2. The van der Waals surface area contributed by atoms with Gasteiger partial charge in [0.15, 0.2) is 11.5 Å². The summed E-state index contributed by atoms with van der Waals surface area (Å²) in [4.78, 5) is 0. The molecule has 32 heavy (non-hydrogen) atoms. The Balaban J connectivity index is 1.32. The number of unbranched alkanes of at least 4 members (excludes halogenated alkanes) is 2. The van der Waals surface area contributed by atoms with Gasteiger partial charge >= 0.3 is 0 Å². The third-order valence-corrected chi connectivity index (χ3v) is 5.83. The Labute approximate surface area is 191 Å². The van der Waals surface area contributed by atoms with E-state index < -0.39 is 0 Å². The largest absolute Gasteiger partial charge is 0.494 e. The van der Waals surface area contributed by atoms with Crippen molar-refractivity contribution in [1.29, 1.82) is 5.41 Å². The average Bonchev–Trinajstić information content (AvgIpc) is 2.83. The zero-order chi connectivity index (χ0) is 22.6. The van der Waals surface area contributed by atoms with Crippen LogP contribution < -0.4 is 24.7 Å². The van der Waals surface area contributed by atoms with Crippen molar-refractivity contribution in [3.63, 3.8) is 0 Å². The van der Waals surface area contributed by atoms with E-state index in [1.54, 1.807) is 19.2 Å². The molecular weight excluding hydrogens is 404 g/mol. The van der Waals surface area contributed by atoms with E-state index in [1.807, 2.05) is 30.3 Å². The number of rotatable bonds is 13. The molecular formula is C26H36N2O4. The third kappa shape index (κ3) is 7.66. The van der Waals surface area contributed by atoms with E-state index in [4.69, 9.17) is 30.1 Å². The summed E-state index contributed by atoms with van der Waals surface area (Å²) in [5.74, 6) is 3.84. The lowest BCUT2D eigenvalue weighted by Gasteiger charge is -2.22. The van der Waals surface area contributed by atoms with Crippen LogP contribution in [0.2, 0.25) is 0 Å². The molecule has 2 aromatic carbocycles. The van der Waals surface area contributed by atoms with Gasteiger partial charge in [0, 0.05) is 11.6 Å². The molecule has 0 aliphatic heterocycles. The number of ether oxygens (including phenoxy) is 4. The maximum absolute atomic E-state index is 7.40. The highest BCUT2D eigenvalue weighted by Crippen LogP contribution is 2.32. The summed E-state index contributed by atoms with van der Waals surface area (Å²) < 4.78 is 23.2. The molecule has 0 saturated heterocycles. The summed E-state index contributed by atoms with van der Waals surface area (Å²) >= 11 is 0. The minimum atomic E-state index is 0.0646. The minimum absolute atomic E-state index is 0.0646. The molecule has 0 amide bonds. The lowest BCUT2D eigenvalue weighted by atomic mass is 9.90. The normalized spacial score (nSPS) is 14.0. The van der Waals surface area contributed by atoms with Gasteiger partial charge in [-0.1, -0.05) is 19.3 Å². The number of nitrogens with one attached hydrogen (secondary N) is 1. The topological polar surface area (TPSA) is 86.8 Å². The van der Waals surface area contributed by atoms with Crippen LogP contribution in [0.15, 0.2) is 42.5 Å². The number of hydrogen-bond donors (Lipinski definition) is 2. The van der Waals surface area contributed by atoms with Gasteiger partial charge in [-0.05, 0) is 74.4 Å². The molecule has 6 heteroatoms. The van der Waals surface area contributed by atoms with Crippen molar-refractivity contribution < 1.29 is 18.9 Å². The second-order valence-electron chi connectivity index (χ2n) is 8.32. The van der Waals surface area contributed by atoms with Crippen molar-refractivity contribution in [3.8, 4) is 23.0 Å². The molecule has 0 spiro atoms. The Bertz CT molecular complexity index is 832. The quantitative estimate of drug-likeness (QED) is 0.242. The van der Waals surface area contributed by atoms with Gasteiger partial charge in [0.2, 0.25) is 0 Å². The van der Waals surface area contributed by atoms with Crippen LogP contribution >= 0.6 is 0 Å². The SMILES string of the molecule is COc1cc(OCC2CCCCC2)ccc1OCCCCCOc1ccc(C(=N)N)cc1. The molecule has 0 atom stereocenters. The van der Waals surface area contributed by atoms with Crippen molar-refractivity contribution >= 4 is 5.84 Å². The van der Waals surface area contributed by atoms with Gasteiger partial charge in [0.25, 0.3) is 0 Å². The highest BCUT2D eigenvalue weighted by Gasteiger charge is 2.14. The van der Waals surface area contributed by atoms with Gasteiger partial charge in [-0.3, -0.25) is 5.41 Å². The maximum atomic E-state index is 7.40. The summed E-state index contributed by atoms with van der Waals surface area (Å²) in [6.07, 6.45) is 9.45. The number of nitrogens with two attached hydrogens (primary N) is 1. The Morgan fingerprint density at radius 2 is 1.53 bits per heavy atom. The fourth-order valence-electron chi connectivity index (χ4n) is 3.91. The van der Waals surface area contributed by atoms with Gasteiger partial charge < -0.3 is 24.7 Å². The maximum Gasteiger partial charge on any atom is 0.164 e. The zero-order valence-electron chi connectivity index (χ0n) is 19.1. The number of nitrogen functional groups attached to an aromatic ring is 1. The second kappa shape index (κ2) is 12.8. The van der Waals surface area contributed by atoms with Crippen LogP contribution in [0.4, 0.5) is 0 Å². The Morgan fingerprint density at radius 3 is 2.22 bits per heavy atom. The molecule has 2 aromatic rings. The first-order chi connectivity index (χ1) is 15.7. The first-order valence-electron chi connectivity index (χ1n) is 11.7. The van der Waals surface area contributed by atoms with E-state index in [0.717, 1.165) is 43.1 Å². The van der Waals surface area contributed by atoms with Crippen LogP contribution in [0.1, 0.15) is 56.9 Å². The Hall–Kier alpha value is -2.89. The number of hydrogen-bond acceptors (Lipinski definition) is 5. The predicted molar refractivity (Wildman–Crippen MR) is 127 cm³/mol. The van der Waals surface area contributed by atoms with Crippen LogP contribution in [0.5, 0.6) is 23.0 Å². The van der Waals surface area contributed by atoms with Gasteiger partial charge in [-0.25, -0.2) is 0 Å². The van der Waals surface area contributed by atoms with Crippen molar-refractivity contribution in [2.45, 2.75) is 51.4 Å². The molecule has 0 heterocycles. The van der Waals surface area contributed by atoms with Crippen LogP contribution in [0, 0.1) is 11.3 Å². The monoisotopic (exact) mass is 440 g/mol. The van der Waals surface area contributed by atoms with E-state index in [1.165, 1.54) is 32.1 Å². The van der Waals surface area contributed by atoms with Crippen LogP contribution in [0.25, 0.3) is 0 Å². The summed E-state index contributed by atoms with van der Waals surface area (Å²) in [6, 6.07) is 13.1. The second-order valence-corrected chi connectivity index (χ2v) is 8.32. The van der Waals surface area contributed by atoms with Crippen molar-refractivity contribution in [2.24, 2.45) is 11.7 Å². The Kier molecular flexibility index (Phi) is 9.54. The fourth-order valence-corrected chi connectivity index (χ4v) is 3.91. The van der Waals surface area contributed by atoms with E-state index in [-0.39, 0.29) is 5.84 Å². The van der Waals surface area contributed by atoms with E-state index >= 15 is 0 Å². The smallest absolute Gasteiger partial charge is 0.164 e. The molecule has 1 aliphatic carbocycles. The molecule has 174 valence electrons. The van der Waals surface area contributed by atoms with Gasteiger partial charge in [0.05, 0.1) is 26.9 Å². The van der Waals surface area contributed by atoms with E-state index in [0.29, 0.717) is 30.4 Å². The molecule has 3 rings (SSSR count). The lowest BCUT2D eigenvalue weighted by molar-refractivity contribution is 0.207. The van der Waals surface area contributed by atoms with E-state index in [9.17, 15) is 0 Å². The molecule has 6 nitrogen and oxygen atoms in total. The summed E-state index contributed by atoms with van der Waals surface area (Å²) in [5.41, 5.74) is 6.16. The predicted octanol–water partition coefficient (Wildman–Crippen LogP) is 5.57. The minimum Gasteiger partial charge on any atom is -0.494 e. The van der Waals surface area contributed by atoms with Crippen molar-refractivity contribution in [2.75, 3.05) is 26.9 Å². The van der Waals surface area contributed by atoms with Gasteiger partial charge in [-0.15, -0.1) is 0 Å². The highest BCUT2D eigenvalue weighted by atomic mass is 16.5. The molecule has 1 fully saturated rings. The molecule has 3 N–H and O–H groups in total. The van der Waals surface area contributed by atoms with Crippen LogP contribution in [0.3, 0.4) is 0 Å². The lowest BCUT2D eigenvalue weighted by Crippen LogP contribution is -2.15. The number of amidine groups is 1. The summed E-state index contributed by atoms with van der Waals surface area (Å²) in [5, 5.41) is 7.40. The van der Waals surface area contributed by atoms with Gasteiger partial charge in [-0.2, -0.15) is 0 Å². The molecule has 1 saturated carbocycles. The number of methoxy groups -OCH3 is 1. The summed E-state index contributed by atoms with van der Waals surface area (Å²) in [6.45, 7) is 2.06. The van der Waals surface area contributed by atoms with Gasteiger partial charge in [0.1, 0.15) is 17.3 Å². The first kappa shape index (κ1) is 23.8. The standard InChI is InChI=1S/C26H36N2O4/c1-29-25-18-23(32-19-20-8-4-2-5-9-20)14-15-24(25)31-17-7-3-6-16-30-22-12-10-21(11-13-22)26(27)28/h10-15,18,20H,2-9,16-17,19H2,1H3,(H3,27,28). The van der Waals surface area contributed by atoms with E-state index in [2.05, 4.69) is 0 Å². The van der Waals surface area contributed by atoms with Crippen LogP contribution in [-0.4, -0.2) is 32.8 Å². The molecule has 0 radical (unpaired) electrons. The van der Waals surface area contributed by atoms with Crippen molar-refractivity contribution in [3.05, 3.63) is 48.0 Å². The molecule has 1 aliphatic rings. The molecule has 0 bridgehead atoms. The summed E-state index contributed by atoms with van der Waals surface area (Å²) in [7, 11) is 1.66. The molecule has 0 unspecified atom stereocenters.